The Morgan fingerprint density at radius 2 is 2.11 bits per heavy atom. The van der Waals surface area contributed by atoms with Crippen LogP contribution in [0.3, 0.4) is 0 Å². The Morgan fingerprint density at radius 1 is 1.32 bits per heavy atom. The SMILES string of the molecule is CCN(c1ccc(C#N)c(C(F)(F)F)c1)C1CCCN(c2cnccc2F)C1. The molecule has 0 amide bonds. The molecule has 1 saturated heterocycles. The van der Waals surface area contributed by atoms with Crippen molar-refractivity contribution in [2.75, 3.05) is 29.4 Å². The average molecular weight is 392 g/mol. The lowest BCUT2D eigenvalue weighted by molar-refractivity contribution is -0.137. The second kappa shape index (κ2) is 8.05. The molecule has 1 aromatic heterocycles. The molecule has 1 unspecified atom stereocenters. The molecular weight excluding hydrogens is 372 g/mol. The molecule has 0 spiro atoms. The highest BCUT2D eigenvalue weighted by Gasteiger charge is 2.35. The predicted octanol–water partition coefficient (Wildman–Crippen LogP) is 4.61. The quantitative estimate of drug-likeness (QED) is 0.713. The van der Waals surface area contributed by atoms with Crippen molar-refractivity contribution in [3.63, 3.8) is 0 Å². The van der Waals surface area contributed by atoms with Crippen LogP contribution in [0.25, 0.3) is 0 Å². The Morgan fingerprint density at radius 3 is 2.75 bits per heavy atom. The Bertz CT molecular complexity index is 875. The van der Waals surface area contributed by atoms with Crippen molar-refractivity contribution in [1.82, 2.24) is 4.98 Å². The maximum absolute atomic E-state index is 14.1. The van der Waals surface area contributed by atoms with Gasteiger partial charge in [-0.05, 0) is 44.0 Å². The van der Waals surface area contributed by atoms with Crippen molar-refractivity contribution in [2.45, 2.75) is 32.0 Å². The van der Waals surface area contributed by atoms with Gasteiger partial charge in [-0.1, -0.05) is 0 Å². The van der Waals surface area contributed by atoms with Crippen LogP contribution in [0.1, 0.15) is 30.9 Å². The number of rotatable bonds is 4. The first-order valence-corrected chi connectivity index (χ1v) is 9.07. The van der Waals surface area contributed by atoms with E-state index in [9.17, 15) is 17.6 Å². The van der Waals surface area contributed by atoms with Crippen LogP contribution >= 0.6 is 0 Å². The number of alkyl halides is 3. The van der Waals surface area contributed by atoms with Crippen molar-refractivity contribution < 1.29 is 17.6 Å². The number of nitriles is 1. The van der Waals surface area contributed by atoms with Crippen LogP contribution in [0.5, 0.6) is 0 Å². The average Bonchev–Trinajstić information content (AvgIpc) is 2.68. The highest BCUT2D eigenvalue weighted by atomic mass is 19.4. The fourth-order valence-electron chi connectivity index (χ4n) is 3.72. The maximum atomic E-state index is 14.1. The molecule has 148 valence electrons. The fraction of sp³-hybridized carbons (Fsp3) is 0.400. The van der Waals surface area contributed by atoms with Gasteiger partial charge in [0.2, 0.25) is 0 Å². The summed E-state index contributed by atoms with van der Waals surface area (Å²) in [6.07, 6.45) is -0.172. The van der Waals surface area contributed by atoms with Crippen LogP contribution in [-0.2, 0) is 6.18 Å². The van der Waals surface area contributed by atoms with Crippen molar-refractivity contribution in [1.29, 1.82) is 5.26 Å². The highest BCUT2D eigenvalue weighted by molar-refractivity contribution is 5.56. The van der Waals surface area contributed by atoms with E-state index in [0.29, 0.717) is 31.0 Å². The van der Waals surface area contributed by atoms with Crippen LogP contribution in [0.2, 0.25) is 0 Å². The van der Waals surface area contributed by atoms with E-state index in [1.165, 1.54) is 24.5 Å². The molecule has 0 bridgehead atoms. The summed E-state index contributed by atoms with van der Waals surface area (Å²) in [5.74, 6) is -0.364. The Labute approximate surface area is 161 Å². The summed E-state index contributed by atoms with van der Waals surface area (Å²) in [6.45, 7) is 3.52. The first-order chi connectivity index (χ1) is 13.3. The molecule has 1 aliphatic heterocycles. The van der Waals surface area contributed by atoms with Gasteiger partial charge in [0.25, 0.3) is 0 Å². The minimum absolute atomic E-state index is 0.0765. The van der Waals surface area contributed by atoms with Gasteiger partial charge >= 0.3 is 6.18 Å². The van der Waals surface area contributed by atoms with E-state index in [0.717, 1.165) is 18.9 Å². The summed E-state index contributed by atoms with van der Waals surface area (Å²) in [5, 5.41) is 8.99. The zero-order valence-corrected chi connectivity index (χ0v) is 15.4. The van der Waals surface area contributed by atoms with E-state index in [-0.39, 0.29) is 11.9 Å². The normalized spacial score (nSPS) is 17.3. The monoisotopic (exact) mass is 392 g/mol. The Balaban J connectivity index is 1.89. The van der Waals surface area contributed by atoms with E-state index in [4.69, 9.17) is 5.26 Å². The number of benzene rings is 1. The number of hydrogen-bond donors (Lipinski definition) is 0. The molecular formula is C20H20F4N4. The fourth-order valence-corrected chi connectivity index (χ4v) is 3.72. The lowest BCUT2D eigenvalue weighted by Crippen LogP contribution is -2.48. The van der Waals surface area contributed by atoms with Gasteiger partial charge in [0, 0.05) is 37.6 Å². The topological polar surface area (TPSA) is 43.2 Å². The van der Waals surface area contributed by atoms with Gasteiger partial charge in [-0.25, -0.2) is 4.39 Å². The van der Waals surface area contributed by atoms with Gasteiger partial charge in [0.15, 0.2) is 0 Å². The molecule has 4 nitrogen and oxygen atoms in total. The zero-order chi connectivity index (χ0) is 20.3. The van der Waals surface area contributed by atoms with Crippen LogP contribution in [0.15, 0.2) is 36.7 Å². The summed E-state index contributed by atoms with van der Waals surface area (Å²) in [4.78, 5) is 7.74. The molecule has 1 aliphatic rings. The van der Waals surface area contributed by atoms with Crippen LogP contribution < -0.4 is 9.80 Å². The summed E-state index contributed by atoms with van der Waals surface area (Å²) in [6, 6.07) is 6.61. The zero-order valence-electron chi connectivity index (χ0n) is 15.4. The first-order valence-electron chi connectivity index (χ1n) is 9.07. The molecule has 2 heterocycles. The van der Waals surface area contributed by atoms with E-state index >= 15 is 0 Å². The molecule has 2 aromatic rings. The number of piperidine rings is 1. The van der Waals surface area contributed by atoms with Crippen molar-refractivity contribution in [3.8, 4) is 6.07 Å². The van der Waals surface area contributed by atoms with Gasteiger partial charge in [0.1, 0.15) is 5.82 Å². The van der Waals surface area contributed by atoms with Gasteiger partial charge < -0.3 is 9.80 Å². The van der Waals surface area contributed by atoms with Crippen LogP contribution in [0, 0.1) is 17.1 Å². The molecule has 28 heavy (non-hydrogen) atoms. The minimum Gasteiger partial charge on any atom is -0.367 e. The number of hydrogen-bond acceptors (Lipinski definition) is 4. The second-order valence-electron chi connectivity index (χ2n) is 6.69. The lowest BCUT2D eigenvalue weighted by Gasteiger charge is -2.41. The van der Waals surface area contributed by atoms with Crippen LogP contribution in [0.4, 0.5) is 28.9 Å². The van der Waals surface area contributed by atoms with Gasteiger partial charge in [0.05, 0.1) is 29.1 Å². The van der Waals surface area contributed by atoms with E-state index in [1.807, 2.05) is 16.7 Å². The van der Waals surface area contributed by atoms with Gasteiger partial charge in [-0.2, -0.15) is 18.4 Å². The van der Waals surface area contributed by atoms with Gasteiger partial charge in [-0.3, -0.25) is 4.98 Å². The number of nitrogens with zero attached hydrogens (tertiary/aromatic N) is 4. The van der Waals surface area contributed by atoms with Crippen molar-refractivity contribution >= 4 is 11.4 Å². The van der Waals surface area contributed by atoms with E-state index < -0.39 is 17.3 Å². The number of halogens is 4. The molecule has 0 N–H and O–H groups in total. The highest BCUT2D eigenvalue weighted by Crippen LogP contribution is 2.35. The minimum atomic E-state index is -4.60. The summed E-state index contributed by atoms with van der Waals surface area (Å²) >= 11 is 0. The third kappa shape index (κ3) is 4.03. The van der Waals surface area contributed by atoms with Gasteiger partial charge in [-0.15, -0.1) is 0 Å². The molecule has 0 saturated carbocycles. The first kappa shape index (κ1) is 19.9. The maximum Gasteiger partial charge on any atom is 0.417 e. The summed E-state index contributed by atoms with van der Waals surface area (Å²) in [7, 11) is 0. The van der Waals surface area contributed by atoms with E-state index in [1.54, 1.807) is 12.1 Å². The van der Waals surface area contributed by atoms with Crippen molar-refractivity contribution in [2.24, 2.45) is 0 Å². The van der Waals surface area contributed by atoms with E-state index in [2.05, 4.69) is 4.98 Å². The Hall–Kier alpha value is -2.82. The third-order valence-corrected chi connectivity index (χ3v) is 5.03. The molecule has 3 rings (SSSR count). The molecule has 0 radical (unpaired) electrons. The number of aromatic nitrogens is 1. The second-order valence-corrected chi connectivity index (χ2v) is 6.69. The standard InChI is InChI=1S/C20H20F4N4/c1-2-28(15-6-5-14(11-25)17(10-15)20(22,23)24)16-4-3-9-27(13-16)19-12-26-8-7-18(19)21/h5-8,10,12,16H,2-4,9,13H2,1H3. The number of anilines is 2. The summed E-state index contributed by atoms with van der Waals surface area (Å²) in [5.41, 5.74) is -0.515. The smallest absolute Gasteiger partial charge is 0.367 e. The predicted molar refractivity (Wildman–Crippen MR) is 98.6 cm³/mol. The number of likely N-dealkylation sites (N-methyl/N-ethyl adjacent to an activating group) is 1. The lowest BCUT2D eigenvalue weighted by atomic mass is 10.0. The Kier molecular flexibility index (Phi) is 5.73. The van der Waals surface area contributed by atoms with Crippen LogP contribution in [-0.4, -0.2) is 30.7 Å². The molecule has 1 aromatic carbocycles. The molecule has 1 atom stereocenters. The molecule has 8 heteroatoms. The number of pyridine rings is 1. The largest absolute Gasteiger partial charge is 0.417 e. The molecule has 0 aliphatic carbocycles. The summed E-state index contributed by atoms with van der Waals surface area (Å²) < 4.78 is 54.1. The third-order valence-electron chi connectivity index (χ3n) is 5.03. The van der Waals surface area contributed by atoms with Crippen molar-refractivity contribution in [3.05, 3.63) is 53.6 Å². The molecule has 1 fully saturated rings.